The fourth-order valence-corrected chi connectivity index (χ4v) is 1.24. The van der Waals surface area contributed by atoms with E-state index in [-0.39, 0.29) is 12.0 Å². The predicted octanol–water partition coefficient (Wildman–Crippen LogP) is 0.215. The average Bonchev–Trinajstić information content (AvgIpc) is 2.14. The molecule has 0 radical (unpaired) electrons. The molecule has 0 aliphatic heterocycles. The highest BCUT2D eigenvalue weighted by atomic mass is 16.3. The number of rotatable bonds is 7. The third-order valence-corrected chi connectivity index (χ3v) is 2.07. The topological polar surface area (TPSA) is 52.6 Å². The van der Waals surface area contributed by atoms with E-state index in [4.69, 9.17) is 5.11 Å². The molecule has 0 heterocycles. The van der Waals surface area contributed by atoms with Crippen LogP contribution in [0, 0.1) is 0 Å². The van der Waals surface area contributed by atoms with Crippen molar-refractivity contribution in [2.45, 2.75) is 33.3 Å². The Morgan fingerprint density at radius 1 is 1.43 bits per heavy atom. The van der Waals surface area contributed by atoms with E-state index in [1.54, 1.807) is 6.92 Å². The maximum absolute atomic E-state index is 11.5. The summed E-state index contributed by atoms with van der Waals surface area (Å²) in [7, 11) is 0. The number of nitrogens with zero attached hydrogens (tertiary/aromatic N) is 1. The molecule has 0 spiro atoms. The van der Waals surface area contributed by atoms with Crippen molar-refractivity contribution in [2.75, 3.05) is 26.2 Å². The summed E-state index contributed by atoms with van der Waals surface area (Å²) in [6, 6.07) is 0. The maximum Gasteiger partial charge on any atom is 0.223 e. The van der Waals surface area contributed by atoms with E-state index in [9.17, 15) is 4.79 Å². The molecule has 0 aromatic heterocycles. The number of nitrogens with one attached hydrogen (secondary N) is 1. The van der Waals surface area contributed by atoms with Gasteiger partial charge >= 0.3 is 0 Å². The zero-order valence-corrected chi connectivity index (χ0v) is 9.42. The van der Waals surface area contributed by atoms with E-state index in [1.165, 1.54) is 0 Å². The smallest absolute Gasteiger partial charge is 0.223 e. The number of hydrogen-bond acceptors (Lipinski definition) is 3. The molecule has 14 heavy (non-hydrogen) atoms. The monoisotopic (exact) mass is 202 g/mol. The van der Waals surface area contributed by atoms with Crippen LogP contribution in [0.25, 0.3) is 0 Å². The Kier molecular flexibility index (Phi) is 7.42. The van der Waals surface area contributed by atoms with Crippen molar-refractivity contribution in [3.8, 4) is 0 Å². The summed E-state index contributed by atoms with van der Waals surface area (Å²) in [5, 5.41) is 12.0. The lowest BCUT2D eigenvalue weighted by Gasteiger charge is -2.18. The fraction of sp³-hybridized carbons (Fsp3) is 0.900. The molecule has 0 aliphatic rings. The first-order valence-electron chi connectivity index (χ1n) is 5.28. The summed E-state index contributed by atoms with van der Waals surface area (Å²) in [6.07, 6.45) is 0.160. The molecule has 0 fully saturated rings. The van der Waals surface area contributed by atoms with Crippen LogP contribution in [0.15, 0.2) is 0 Å². The summed E-state index contributed by atoms with van der Waals surface area (Å²) in [5.74, 6) is 0.174. The van der Waals surface area contributed by atoms with Gasteiger partial charge in [-0.15, -0.1) is 0 Å². The van der Waals surface area contributed by atoms with Gasteiger partial charge < -0.3 is 15.3 Å². The second kappa shape index (κ2) is 7.76. The van der Waals surface area contributed by atoms with E-state index >= 15 is 0 Å². The number of amides is 1. The Bertz CT molecular complexity index is 156. The summed E-state index contributed by atoms with van der Waals surface area (Å²) in [5.41, 5.74) is 0. The molecule has 4 heteroatoms. The average molecular weight is 202 g/mol. The van der Waals surface area contributed by atoms with Gasteiger partial charge in [0.05, 0.1) is 6.10 Å². The molecule has 1 atom stereocenters. The molecule has 0 unspecified atom stereocenters. The summed E-state index contributed by atoms with van der Waals surface area (Å²) in [4.78, 5) is 13.3. The van der Waals surface area contributed by atoms with Crippen LogP contribution in [0.2, 0.25) is 0 Å². The Morgan fingerprint density at radius 2 is 2.00 bits per heavy atom. The van der Waals surface area contributed by atoms with Gasteiger partial charge in [-0.3, -0.25) is 4.79 Å². The largest absolute Gasteiger partial charge is 0.392 e. The number of carbonyl (C=O) groups excluding carboxylic acids is 1. The zero-order valence-electron chi connectivity index (χ0n) is 9.42. The minimum Gasteiger partial charge on any atom is -0.392 e. The molecule has 1 amide bonds. The number of carbonyl (C=O) groups is 1. The quantitative estimate of drug-likeness (QED) is 0.580. The van der Waals surface area contributed by atoms with Gasteiger partial charge in [-0.1, -0.05) is 0 Å². The molecule has 0 aromatic carbocycles. The van der Waals surface area contributed by atoms with Gasteiger partial charge in [-0.2, -0.15) is 0 Å². The Balaban J connectivity index is 3.52. The molecule has 0 bridgehead atoms. The highest BCUT2D eigenvalue weighted by Crippen LogP contribution is 1.92. The highest BCUT2D eigenvalue weighted by Gasteiger charge is 2.08. The Morgan fingerprint density at radius 3 is 2.43 bits per heavy atom. The number of hydrogen-bond donors (Lipinski definition) is 2. The molecule has 0 aliphatic carbocycles. The summed E-state index contributed by atoms with van der Waals surface area (Å²) in [6.45, 7) is 8.40. The van der Waals surface area contributed by atoms with E-state index in [2.05, 4.69) is 5.32 Å². The number of aliphatic hydroxyl groups excluding tert-OH is 1. The molecule has 0 saturated heterocycles. The first-order chi connectivity index (χ1) is 6.61. The van der Waals surface area contributed by atoms with Gasteiger partial charge in [0, 0.05) is 32.6 Å². The minimum atomic E-state index is -0.349. The van der Waals surface area contributed by atoms with Gasteiger partial charge in [0.2, 0.25) is 5.91 Å². The van der Waals surface area contributed by atoms with E-state index in [0.29, 0.717) is 19.5 Å². The van der Waals surface area contributed by atoms with Crippen LogP contribution in [-0.4, -0.2) is 48.2 Å². The van der Waals surface area contributed by atoms with Crippen LogP contribution < -0.4 is 5.32 Å². The van der Waals surface area contributed by atoms with Gasteiger partial charge in [-0.05, 0) is 20.8 Å². The molecule has 0 saturated carbocycles. The normalized spacial score (nSPS) is 12.6. The van der Waals surface area contributed by atoms with Crippen molar-refractivity contribution in [2.24, 2.45) is 0 Å². The fourth-order valence-electron chi connectivity index (χ4n) is 1.24. The van der Waals surface area contributed by atoms with E-state index in [0.717, 1.165) is 13.1 Å². The van der Waals surface area contributed by atoms with Crippen molar-refractivity contribution < 1.29 is 9.90 Å². The lowest BCUT2D eigenvalue weighted by molar-refractivity contribution is -0.130. The third-order valence-electron chi connectivity index (χ3n) is 2.07. The van der Waals surface area contributed by atoms with Crippen LogP contribution >= 0.6 is 0 Å². The third kappa shape index (κ3) is 5.94. The first-order valence-corrected chi connectivity index (χ1v) is 5.28. The first kappa shape index (κ1) is 13.4. The van der Waals surface area contributed by atoms with Crippen molar-refractivity contribution in [1.82, 2.24) is 10.2 Å². The van der Waals surface area contributed by atoms with E-state index in [1.807, 2.05) is 18.7 Å². The SMILES string of the molecule is CCN(CC)C(=O)CCNC[C@H](C)O. The molecule has 0 aromatic rings. The maximum atomic E-state index is 11.5. The van der Waals surface area contributed by atoms with Crippen LogP contribution in [0.5, 0.6) is 0 Å². The second-order valence-electron chi connectivity index (χ2n) is 3.37. The van der Waals surface area contributed by atoms with Crippen molar-refractivity contribution in [1.29, 1.82) is 0 Å². The summed E-state index contributed by atoms with van der Waals surface area (Å²) >= 11 is 0. The zero-order chi connectivity index (χ0) is 11.0. The van der Waals surface area contributed by atoms with Gasteiger partial charge in [0.25, 0.3) is 0 Å². The van der Waals surface area contributed by atoms with Gasteiger partial charge in [0.1, 0.15) is 0 Å². The van der Waals surface area contributed by atoms with Crippen LogP contribution in [0.3, 0.4) is 0 Å². The summed E-state index contributed by atoms with van der Waals surface area (Å²) < 4.78 is 0. The van der Waals surface area contributed by atoms with Crippen LogP contribution in [-0.2, 0) is 4.79 Å². The lowest BCUT2D eigenvalue weighted by Crippen LogP contribution is -2.34. The number of aliphatic hydroxyl groups is 1. The van der Waals surface area contributed by atoms with Gasteiger partial charge in [0.15, 0.2) is 0 Å². The predicted molar refractivity (Wildman–Crippen MR) is 57.1 cm³/mol. The Hall–Kier alpha value is -0.610. The lowest BCUT2D eigenvalue weighted by atomic mass is 10.3. The Labute approximate surface area is 86.3 Å². The minimum absolute atomic E-state index is 0.174. The second-order valence-corrected chi connectivity index (χ2v) is 3.37. The van der Waals surface area contributed by atoms with Crippen molar-refractivity contribution in [3.05, 3.63) is 0 Å². The molecular weight excluding hydrogens is 180 g/mol. The van der Waals surface area contributed by atoms with Crippen LogP contribution in [0.4, 0.5) is 0 Å². The standard InChI is InChI=1S/C10H22N2O2/c1-4-12(5-2)10(14)6-7-11-8-9(3)13/h9,11,13H,4-8H2,1-3H3/t9-/m0/s1. The molecule has 2 N–H and O–H groups in total. The van der Waals surface area contributed by atoms with Crippen molar-refractivity contribution >= 4 is 5.91 Å². The molecule has 84 valence electrons. The van der Waals surface area contributed by atoms with Crippen molar-refractivity contribution in [3.63, 3.8) is 0 Å². The van der Waals surface area contributed by atoms with Gasteiger partial charge in [-0.25, -0.2) is 0 Å². The van der Waals surface area contributed by atoms with Crippen LogP contribution in [0.1, 0.15) is 27.2 Å². The highest BCUT2D eigenvalue weighted by molar-refractivity contribution is 5.76. The molecular formula is C10H22N2O2. The molecule has 0 rings (SSSR count). The van der Waals surface area contributed by atoms with E-state index < -0.39 is 0 Å². The molecule has 4 nitrogen and oxygen atoms in total.